The summed E-state index contributed by atoms with van der Waals surface area (Å²) in [6.45, 7) is 0.410. The van der Waals surface area contributed by atoms with Crippen molar-refractivity contribution in [1.29, 1.82) is 0 Å². The molecule has 3 aromatic rings. The van der Waals surface area contributed by atoms with Gasteiger partial charge in [0.05, 0.1) is 23.5 Å². The number of aliphatic carboxylic acids is 3. The number of rotatable bonds is 16. The van der Waals surface area contributed by atoms with Gasteiger partial charge in [0.1, 0.15) is 24.5 Å². The van der Waals surface area contributed by atoms with Crippen molar-refractivity contribution >= 4 is 46.3 Å². The van der Waals surface area contributed by atoms with Crippen LogP contribution in [0.1, 0.15) is 65.5 Å². The highest BCUT2D eigenvalue weighted by molar-refractivity contribution is 5.97. The summed E-state index contributed by atoms with van der Waals surface area (Å²) in [5.41, 5.74) is 3.13. The minimum Gasteiger partial charge on any atom is -0.481 e. The number of methoxy groups -OCH3 is 1. The molecule has 1 heterocycles. The maximum absolute atomic E-state index is 13.0. The molecule has 4 rings (SSSR count). The maximum Gasteiger partial charge on any atom is 0.326 e. The third-order valence-corrected chi connectivity index (χ3v) is 7.99. The van der Waals surface area contributed by atoms with E-state index < -0.39 is 54.6 Å². The van der Waals surface area contributed by atoms with Crippen LogP contribution in [0.2, 0.25) is 0 Å². The minimum atomic E-state index is -1.46. The summed E-state index contributed by atoms with van der Waals surface area (Å²) in [5, 5.41) is 32.6. The molecule has 1 aliphatic carbocycles. The van der Waals surface area contributed by atoms with E-state index in [0.29, 0.717) is 22.4 Å². The second-order valence-corrected chi connectivity index (χ2v) is 11.2. The molecule has 48 heavy (non-hydrogen) atoms. The molecule has 0 radical (unpaired) electrons. The summed E-state index contributed by atoms with van der Waals surface area (Å²) in [7, 11) is 1.52. The number of hydrogen-bond acceptors (Lipinski definition) is 9. The Morgan fingerprint density at radius 1 is 1.04 bits per heavy atom. The lowest BCUT2D eigenvalue weighted by atomic mass is 10.0. The molecular weight excluding hydrogens is 626 g/mol. The lowest BCUT2D eigenvalue weighted by Crippen LogP contribution is -2.44. The van der Waals surface area contributed by atoms with Gasteiger partial charge in [-0.25, -0.2) is 14.6 Å². The van der Waals surface area contributed by atoms with Crippen LogP contribution in [0.3, 0.4) is 0 Å². The van der Waals surface area contributed by atoms with E-state index in [-0.39, 0.29) is 43.2 Å². The third kappa shape index (κ3) is 8.53. The zero-order valence-electron chi connectivity index (χ0n) is 26.0. The Kier molecular flexibility index (Phi) is 11.5. The summed E-state index contributed by atoms with van der Waals surface area (Å²) in [6, 6.07) is 7.07. The topological polar surface area (TPSA) is 228 Å². The number of aromatic nitrogens is 2. The highest BCUT2D eigenvalue weighted by Crippen LogP contribution is 2.39. The number of anilines is 1. The van der Waals surface area contributed by atoms with Crippen LogP contribution in [-0.2, 0) is 36.9 Å². The minimum absolute atomic E-state index is 0.150. The quantitative estimate of drug-likeness (QED) is 0.120. The number of amides is 2. The number of carbonyl (C=O) groups is 5. The number of aromatic amines is 1. The van der Waals surface area contributed by atoms with Crippen molar-refractivity contribution in [3.05, 3.63) is 69.3 Å². The number of carbonyl (C=O) groups excluding carboxylic acids is 2. The fraction of sp³-hybridized carbons (Fsp3) is 0.364. The van der Waals surface area contributed by atoms with Crippen molar-refractivity contribution in [3.8, 4) is 12.3 Å². The predicted octanol–water partition coefficient (Wildman–Crippen LogP) is 1.59. The van der Waals surface area contributed by atoms with E-state index in [2.05, 4.69) is 26.5 Å². The molecule has 2 aromatic carbocycles. The van der Waals surface area contributed by atoms with Crippen LogP contribution >= 0.6 is 0 Å². The van der Waals surface area contributed by atoms with Gasteiger partial charge < -0.3 is 40.6 Å². The van der Waals surface area contributed by atoms with E-state index in [4.69, 9.17) is 16.3 Å². The van der Waals surface area contributed by atoms with E-state index >= 15 is 0 Å². The van der Waals surface area contributed by atoms with E-state index in [1.165, 1.54) is 19.2 Å². The molecular formula is C33H35N5O10. The Labute approximate surface area is 274 Å². The molecule has 0 saturated carbocycles. The monoisotopic (exact) mass is 661 g/mol. The molecule has 2 amide bonds. The average Bonchev–Trinajstić information content (AvgIpc) is 3.45. The summed E-state index contributed by atoms with van der Waals surface area (Å²) in [6.07, 6.45) is 5.59. The first-order chi connectivity index (χ1) is 22.9. The smallest absolute Gasteiger partial charge is 0.326 e. The van der Waals surface area contributed by atoms with E-state index in [0.717, 1.165) is 24.0 Å². The Balaban J connectivity index is 1.44. The maximum atomic E-state index is 13.0. The zero-order valence-corrected chi connectivity index (χ0v) is 26.0. The van der Waals surface area contributed by atoms with Gasteiger partial charge in [-0.2, -0.15) is 0 Å². The molecule has 0 spiro atoms. The lowest BCUT2D eigenvalue weighted by Gasteiger charge is -2.30. The fourth-order valence-electron chi connectivity index (χ4n) is 5.65. The van der Waals surface area contributed by atoms with Crippen LogP contribution in [0.15, 0.2) is 41.2 Å². The largest absolute Gasteiger partial charge is 0.481 e. The van der Waals surface area contributed by atoms with Crippen LogP contribution in [-0.4, -0.2) is 80.7 Å². The summed E-state index contributed by atoms with van der Waals surface area (Å²) < 4.78 is 5.10. The fourth-order valence-corrected chi connectivity index (χ4v) is 5.65. The first-order valence-electron chi connectivity index (χ1n) is 15.0. The number of carboxylic acid groups (broad SMARTS) is 3. The highest BCUT2D eigenvalue weighted by Gasteiger charge is 2.30. The van der Waals surface area contributed by atoms with E-state index in [1.807, 2.05) is 17.0 Å². The van der Waals surface area contributed by atoms with Crippen molar-refractivity contribution in [2.45, 2.75) is 63.3 Å². The Morgan fingerprint density at radius 3 is 2.33 bits per heavy atom. The molecule has 6 N–H and O–H groups in total. The summed E-state index contributed by atoms with van der Waals surface area (Å²) >= 11 is 0. The van der Waals surface area contributed by atoms with Crippen LogP contribution < -0.4 is 21.1 Å². The number of benzene rings is 2. The molecule has 15 nitrogen and oxygen atoms in total. The van der Waals surface area contributed by atoms with Crippen LogP contribution in [0.25, 0.3) is 10.9 Å². The number of terminal acetylenes is 1. The standard InChI is InChI=1S/C33H35N5O10/c1-3-14-38(26-11-6-19-15-25-22(16-21(19)26)31(43)37-27(34-25)17-48-2)20-7-4-18(5-8-20)30(42)36-24(33(46)47)9-12-28(39)35-23(32(44)45)10-13-29(40)41/h1,4-5,7-8,15-16,23-24,26H,6,9-14,17H2,2H3,(H,35,39)(H,36,42)(H,40,41)(H,44,45)(H,46,47)(H,34,37,43)/t23-,24+,26+/m1/s1. The number of carboxylic acids is 3. The first-order valence-corrected chi connectivity index (χ1v) is 15.0. The first kappa shape index (κ1) is 35.1. The molecule has 1 aromatic heterocycles. The number of H-pyrrole nitrogens is 1. The van der Waals surface area contributed by atoms with Crippen LogP contribution in [0.4, 0.5) is 5.69 Å². The number of hydrogen-bond donors (Lipinski definition) is 6. The van der Waals surface area contributed by atoms with Crippen LogP contribution in [0, 0.1) is 12.3 Å². The molecule has 0 aliphatic heterocycles. The second kappa shape index (κ2) is 15.7. The van der Waals surface area contributed by atoms with Crippen molar-refractivity contribution in [2.24, 2.45) is 0 Å². The third-order valence-electron chi connectivity index (χ3n) is 7.99. The van der Waals surface area contributed by atoms with Gasteiger partial charge in [0.25, 0.3) is 11.5 Å². The second-order valence-electron chi connectivity index (χ2n) is 11.2. The number of aryl methyl sites for hydroxylation is 1. The summed E-state index contributed by atoms with van der Waals surface area (Å²) in [5.74, 6) is -2.46. The Bertz CT molecular complexity index is 1810. The molecule has 0 bridgehead atoms. The lowest BCUT2D eigenvalue weighted by molar-refractivity contribution is -0.143. The number of nitrogens with zero attached hydrogens (tertiary/aromatic N) is 2. The average molecular weight is 662 g/mol. The molecule has 3 atom stereocenters. The Morgan fingerprint density at radius 2 is 1.71 bits per heavy atom. The van der Waals surface area contributed by atoms with Gasteiger partial charge >= 0.3 is 17.9 Å². The molecule has 252 valence electrons. The van der Waals surface area contributed by atoms with Crippen molar-refractivity contribution in [3.63, 3.8) is 0 Å². The van der Waals surface area contributed by atoms with Gasteiger partial charge in [0, 0.05) is 31.2 Å². The van der Waals surface area contributed by atoms with Gasteiger partial charge in [-0.3, -0.25) is 19.2 Å². The van der Waals surface area contributed by atoms with Crippen LogP contribution in [0.5, 0.6) is 0 Å². The molecule has 0 fully saturated rings. The number of nitrogens with one attached hydrogen (secondary N) is 3. The number of ether oxygens (including phenoxy) is 1. The molecule has 0 saturated heterocycles. The SMILES string of the molecule is C#CCN(c1ccc(C(=O)N[C@@H](CCC(=O)N[C@H](CCC(=O)O)C(=O)O)C(=O)O)cc1)[C@H]1CCc2cc3nc(COC)[nH]c(=O)c3cc21. The van der Waals surface area contributed by atoms with Gasteiger partial charge in [-0.1, -0.05) is 5.92 Å². The van der Waals surface area contributed by atoms with Crippen molar-refractivity contribution < 1.29 is 44.0 Å². The molecule has 1 aliphatic rings. The highest BCUT2D eigenvalue weighted by atomic mass is 16.5. The van der Waals surface area contributed by atoms with Gasteiger partial charge in [-0.15, -0.1) is 6.42 Å². The predicted molar refractivity (Wildman–Crippen MR) is 171 cm³/mol. The van der Waals surface area contributed by atoms with Gasteiger partial charge in [-0.05, 0) is 73.2 Å². The van der Waals surface area contributed by atoms with E-state index in [1.54, 1.807) is 12.1 Å². The molecule has 0 unspecified atom stereocenters. The Hall–Kier alpha value is -5.75. The van der Waals surface area contributed by atoms with Crippen molar-refractivity contribution in [1.82, 2.24) is 20.6 Å². The van der Waals surface area contributed by atoms with Gasteiger partial charge in [0.15, 0.2) is 0 Å². The molecule has 15 heteroatoms. The zero-order chi connectivity index (χ0) is 35.0. The normalized spacial score (nSPS) is 14.7. The van der Waals surface area contributed by atoms with Gasteiger partial charge in [0.2, 0.25) is 5.91 Å². The van der Waals surface area contributed by atoms with E-state index in [9.17, 15) is 39.0 Å². The van der Waals surface area contributed by atoms with Crippen molar-refractivity contribution in [2.75, 3.05) is 18.6 Å². The number of fused-ring (bicyclic) bond motifs is 2. The summed E-state index contributed by atoms with van der Waals surface area (Å²) in [4.78, 5) is 81.2.